The van der Waals surface area contributed by atoms with Crippen LogP contribution in [0.5, 0.6) is 0 Å². The van der Waals surface area contributed by atoms with Gasteiger partial charge < -0.3 is 14.3 Å². The average molecular weight is 408 g/mol. The fraction of sp³-hybridized carbons (Fsp3) is 0.476. The SMILES string of the molecule is CCc1noc2ncc(C(=O)N3CCC[C@@H](n4ncc(N5CCC5)cc4=O)C3)cc12. The Bertz CT molecular complexity index is 1150. The van der Waals surface area contributed by atoms with E-state index in [0.29, 0.717) is 30.8 Å². The number of fused-ring (bicyclic) bond motifs is 1. The molecule has 9 nitrogen and oxygen atoms in total. The van der Waals surface area contributed by atoms with E-state index >= 15 is 0 Å². The molecule has 0 spiro atoms. The lowest BCUT2D eigenvalue weighted by molar-refractivity contribution is 0.0669. The number of amides is 1. The van der Waals surface area contributed by atoms with Gasteiger partial charge in [0.2, 0.25) is 0 Å². The Labute approximate surface area is 173 Å². The molecular formula is C21H24N6O3. The largest absolute Gasteiger partial charge is 0.370 e. The number of aryl methyl sites for hydroxylation is 1. The lowest BCUT2D eigenvalue weighted by atomic mass is 10.0. The van der Waals surface area contributed by atoms with E-state index in [9.17, 15) is 9.59 Å². The number of likely N-dealkylation sites (tertiary alicyclic amines) is 1. The second-order valence-corrected chi connectivity index (χ2v) is 7.94. The predicted octanol–water partition coefficient (Wildman–Crippen LogP) is 2.03. The first-order chi connectivity index (χ1) is 14.6. The number of nitrogens with zero attached hydrogens (tertiary/aromatic N) is 6. The van der Waals surface area contributed by atoms with Gasteiger partial charge in [0, 0.05) is 38.4 Å². The molecule has 0 unspecified atom stereocenters. The highest BCUT2D eigenvalue weighted by atomic mass is 16.5. The van der Waals surface area contributed by atoms with E-state index < -0.39 is 0 Å². The highest BCUT2D eigenvalue weighted by molar-refractivity contribution is 5.97. The Kier molecular flexibility index (Phi) is 4.72. The number of hydrogen-bond acceptors (Lipinski definition) is 7. The van der Waals surface area contributed by atoms with Crippen molar-refractivity contribution in [2.75, 3.05) is 31.1 Å². The Morgan fingerprint density at radius 1 is 1.20 bits per heavy atom. The van der Waals surface area contributed by atoms with Gasteiger partial charge in [0.1, 0.15) is 0 Å². The quantitative estimate of drug-likeness (QED) is 0.651. The van der Waals surface area contributed by atoms with Crippen molar-refractivity contribution in [1.82, 2.24) is 24.8 Å². The topological polar surface area (TPSA) is 97.4 Å². The third-order valence-corrected chi connectivity index (χ3v) is 6.05. The van der Waals surface area contributed by atoms with Crippen LogP contribution in [0.4, 0.5) is 5.69 Å². The number of piperidine rings is 1. The van der Waals surface area contributed by atoms with Crippen molar-refractivity contribution in [3.63, 3.8) is 0 Å². The zero-order valence-electron chi connectivity index (χ0n) is 17.0. The van der Waals surface area contributed by atoms with Crippen molar-refractivity contribution < 1.29 is 9.32 Å². The minimum absolute atomic E-state index is 0.0948. The van der Waals surface area contributed by atoms with E-state index in [0.717, 1.165) is 49.1 Å². The molecule has 3 aromatic rings. The van der Waals surface area contributed by atoms with E-state index in [1.807, 2.05) is 6.92 Å². The standard InChI is InChI=1S/C21H24N6O3/c1-2-18-17-9-14(11-22-20(17)30-24-18)21(29)26-6-3-5-15(13-26)27-19(28)10-16(12-23-27)25-7-4-8-25/h9-12,15H,2-8,13H2,1H3/t15-/m1/s1. The molecule has 156 valence electrons. The van der Waals surface area contributed by atoms with E-state index in [1.54, 1.807) is 23.2 Å². The highest BCUT2D eigenvalue weighted by Gasteiger charge is 2.28. The number of pyridine rings is 1. The second kappa shape index (κ2) is 7.55. The summed E-state index contributed by atoms with van der Waals surface area (Å²) in [7, 11) is 0. The fourth-order valence-electron chi connectivity index (χ4n) is 4.20. The molecule has 0 radical (unpaired) electrons. The van der Waals surface area contributed by atoms with Gasteiger partial charge in [-0.2, -0.15) is 5.10 Å². The Hall–Kier alpha value is -3.23. The van der Waals surface area contributed by atoms with Gasteiger partial charge in [-0.25, -0.2) is 9.67 Å². The van der Waals surface area contributed by atoms with Crippen molar-refractivity contribution in [3.8, 4) is 0 Å². The van der Waals surface area contributed by atoms with Gasteiger partial charge in [0.05, 0.1) is 34.6 Å². The summed E-state index contributed by atoms with van der Waals surface area (Å²) >= 11 is 0. The third-order valence-electron chi connectivity index (χ3n) is 6.05. The Morgan fingerprint density at radius 2 is 2.07 bits per heavy atom. The molecule has 5 heterocycles. The van der Waals surface area contributed by atoms with Crippen molar-refractivity contribution in [3.05, 3.63) is 46.1 Å². The number of carbonyl (C=O) groups excluding carboxylic acids is 1. The molecule has 2 saturated heterocycles. The second-order valence-electron chi connectivity index (χ2n) is 7.94. The maximum absolute atomic E-state index is 13.1. The smallest absolute Gasteiger partial charge is 0.269 e. The monoisotopic (exact) mass is 408 g/mol. The lowest BCUT2D eigenvalue weighted by Crippen LogP contribution is -2.44. The molecule has 5 rings (SSSR count). The molecule has 2 aliphatic rings. The molecule has 0 aliphatic carbocycles. The average Bonchev–Trinajstić information content (AvgIpc) is 3.14. The first-order valence-electron chi connectivity index (χ1n) is 10.5. The summed E-state index contributed by atoms with van der Waals surface area (Å²) in [6.07, 6.45) is 6.80. The van der Waals surface area contributed by atoms with Gasteiger partial charge in [0.25, 0.3) is 17.2 Å². The minimum atomic E-state index is -0.126. The molecule has 9 heteroatoms. The third kappa shape index (κ3) is 3.24. The molecule has 0 bridgehead atoms. The molecule has 30 heavy (non-hydrogen) atoms. The molecule has 3 aromatic heterocycles. The van der Waals surface area contributed by atoms with Gasteiger partial charge in [-0.1, -0.05) is 12.1 Å². The molecule has 1 amide bonds. The van der Waals surface area contributed by atoms with Crippen LogP contribution < -0.4 is 10.5 Å². The van der Waals surface area contributed by atoms with Crippen molar-refractivity contribution in [2.45, 2.75) is 38.6 Å². The van der Waals surface area contributed by atoms with Gasteiger partial charge in [-0.15, -0.1) is 0 Å². The van der Waals surface area contributed by atoms with Crippen LogP contribution in [0.15, 0.2) is 33.8 Å². The molecular weight excluding hydrogens is 384 g/mol. The van der Waals surface area contributed by atoms with Crippen LogP contribution in [-0.4, -0.2) is 56.9 Å². The van der Waals surface area contributed by atoms with Crippen molar-refractivity contribution >= 4 is 22.7 Å². The number of hydrogen-bond donors (Lipinski definition) is 0. The summed E-state index contributed by atoms with van der Waals surface area (Å²) in [4.78, 5) is 34.0. The summed E-state index contributed by atoms with van der Waals surface area (Å²) < 4.78 is 6.74. The van der Waals surface area contributed by atoms with Crippen LogP contribution in [0.3, 0.4) is 0 Å². The molecule has 2 fully saturated rings. The first-order valence-corrected chi connectivity index (χ1v) is 10.5. The predicted molar refractivity (Wildman–Crippen MR) is 111 cm³/mol. The van der Waals surface area contributed by atoms with Crippen LogP contribution in [0.25, 0.3) is 11.1 Å². The maximum Gasteiger partial charge on any atom is 0.269 e. The van der Waals surface area contributed by atoms with Crippen LogP contribution >= 0.6 is 0 Å². The summed E-state index contributed by atoms with van der Waals surface area (Å²) in [5, 5.41) is 9.20. The van der Waals surface area contributed by atoms with E-state index in [4.69, 9.17) is 4.52 Å². The zero-order chi connectivity index (χ0) is 20.7. The highest BCUT2D eigenvalue weighted by Crippen LogP contribution is 2.24. The normalized spacial score (nSPS) is 19.2. The lowest BCUT2D eigenvalue weighted by Gasteiger charge is -2.34. The Morgan fingerprint density at radius 3 is 2.80 bits per heavy atom. The van der Waals surface area contributed by atoms with Crippen LogP contribution in [0.2, 0.25) is 0 Å². The minimum Gasteiger partial charge on any atom is -0.370 e. The Balaban J connectivity index is 1.36. The van der Waals surface area contributed by atoms with Gasteiger partial charge in [0.15, 0.2) is 0 Å². The van der Waals surface area contributed by atoms with Crippen LogP contribution in [0, 0.1) is 0 Å². The summed E-state index contributed by atoms with van der Waals surface area (Å²) in [5.74, 6) is -0.0948. The summed E-state index contributed by atoms with van der Waals surface area (Å²) in [5.41, 5.74) is 2.51. The fourth-order valence-corrected chi connectivity index (χ4v) is 4.20. The molecule has 0 N–H and O–H groups in total. The summed E-state index contributed by atoms with van der Waals surface area (Å²) in [6.45, 7) is 5.04. The molecule has 2 aliphatic heterocycles. The maximum atomic E-state index is 13.1. The van der Waals surface area contributed by atoms with E-state index in [2.05, 4.69) is 20.1 Å². The van der Waals surface area contributed by atoms with E-state index in [1.165, 1.54) is 10.9 Å². The number of aromatic nitrogens is 4. The van der Waals surface area contributed by atoms with Crippen molar-refractivity contribution in [1.29, 1.82) is 0 Å². The van der Waals surface area contributed by atoms with Gasteiger partial charge in [-0.3, -0.25) is 9.59 Å². The van der Waals surface area contributed by atoms with Gasteiger partial charge >= 0.3 is 0 Å². The number of anilines is 1. The molecule has 1 atom stereocenters. The zero-order valence-corrected chi connectivity index (χ0v) is 17.0. The first kappa shape index (κ1) is 18.8. The van der Waals surface area contributed by atoms with Crippen molar-refractivity contribution in [2.24, 2.45) is 0 Å². The summed E-state index contributed by atoms with van der Waals surface area (Å²) in [6, 6.07) is 3.33. The molecule has 0 saturated carbocycles. The van der Waals surface area contributed by atoms with Gasteiger partial charge in [-0.05, 0) is 31.7 Å². The number of carbonyl (C=O) groups is 1. The number of rotatable bonds is 4. The van der Waals surface area contributed by atoms with E-state index in [-0.39, 0.29) is 17.5 Å². The van der Waals surface area contributed by atoms with Crippen LogP contribution in [0.1, 0.15) is 48.3 Å². The molecule has 0 aromatic carbocycles. The van der Waals surface area contributed by atoms with Crippen LogP contribution in [-0.2, 0) is 6.42 Å².